The molecule has 0 spiro atoms. The van der Waals surface area contributed by atoms with Crippen LogP contribution in [0.25, 0.3) is 183 Å². The number of benzene rings is 18. The van der Waals surface area contributed by atoms with E-state index in [1.165, 1.54) is 183 Å². The lowest BCUT2D eigenvalue weighted by Crippen LogP contribution is -1.99. The van der Waals surface area contributed by atoms with Crippen LogP contribution in [0.15, 0.2) is 133 Å². The molecule has 246 valence electrons. The van der Waals surface area contributed by atoms with Crippen molar-refractivity contribution in [1.29, 1.82) is 0 Å². The molecule has 0 bridgehead atoms. The van der Waals surface area contributed by atoms with Gasteiger partial charge in [0.2, 0.25) is 0 Å². The van der Waals surface area contributed by atoms with E-state index >= 15 is 0 Å². The quantitative estimate of drug-likeness (QED) is 0.109. The fourth-order valence-electron chi connectivity index (χ4n) is 13.4. The molecule has 0 N–H and O–H groups in total. The molecular formula is C56H22. The van der Waals surface area contributed by atoms with Crippen molar-refractivity contribution >= 4 is 183 Å². The van der Waals surface area contributed by atoms with E-state index in [9.17, 15) is 0 Å². The lowest BCUT2D eigenvalue weighted by molar-refractivity contribution is 1.82. The van der Waals surface area contributed by atoms with Crippen LogP contribution in [0.4, 0.5) is 0 Å². The molecule has 0 unspecified atom stereocenters. The molecule has 0 atom stereocenters. The maximum Gasteiger partial charge on any atom is -0.0000260 e. The molecule has 0 radical (unpaired) electrons. The van der Waals surface area contributed by atoms with Crippen molar-refractivity contribution in [2.45, 2.75) is 0 Å². The van der Waals surface area contributed by atoms with Gasteiger partial charge in [-0.1, -0.05) is 109 Å². The van der Waals surface area contributed by atoms with E-state index in [1.54, 1.807) is 0 Å². The van der Waals surface area contributed by atoms with E-state index in [2.05, 4.69) is 133 Å². The molecule has 18 aromatic rings. The Morgan fingerprint density at radius 2 is 0.357 bits per heavy atom. The van der Waals surface area contributed by atoms with E-state index in [0.717, 1.165) is 0 Å². The predicted octanol–water partition coefficient (Wildman–Crippen LogP) is 16.2. The summed E-state index contributed by atoms with van der Waals surface area (Å²) < 4.78 is 0. The van der Waals surface area contributed by atoms with Crippen LogP contribution in [-0.4, -0.2) is 0 Å². The third-order valence-electron chi connectivity index (χ3n) is 15.3. The van der Waals surface area contributed by atoms with Gasteiger partial charge < -0.3 is 0 Å². The van der Waals surface area contributed by atoms with Gasteiger partial charge in [-0.2, -0.15) is 0 Å². The van der Waals surface area contributed by atoms with Crippen molar-refractivity contribution in [2.24, 2.45) is 0 Å². The van der Waals surface area contributed by atoms with E-state index in [4.69, 9.17) is 0 Å². The number of hydrogen-bond donors (Lipinski definition) is 0. The molecule has 0 heterocycles. The van der Waals surface area contributed by atoms with Crippen molar-refractivity contribution in [1.82, 2.24) is 0 Å². The van der Waals surface area contributed by atoms with Gasteiger partial charge in [0.25, 0.3) is 0 Å². The lowest BCUT2D eigenvalue weighted by Gasteiger charge is -2.28. The molecule has 0 aromatic heterocycles. The third-order valence-corrected chi connectivity index (χ3v) is 15.3. The molecule has 56 heavy (non-hydrogen) atoms. The van der Waals surface area contributed by atoms with Gasteiger partial charge in [0.05, 0.1) is 0 Å². The van der Waals surface area contributed by atoms with Crippen LogP contribution in [0.5, 0.6) is 0 Å². The SMILES string of the molecule is c1cc2ccc3cc4c5cc6ccc7ccc8cc9ccc%10ccc%11ccc%12c(c%13cc%14ccc%15ccc1c1c2c3c(c4%13)c%14c%151)c5c1c6c7c8c2c9c%10c%11c%12c21. The molecule has 18 rings (SSSR count). The molecule has 0 heteroatoms. The van der Waals surface area contributed by atoms with Gasteiger partial charge in [-0.25, -0.2) is 0 Å². The summed E-state index contributed by atoms with van der Waals surface area (Å²) in [6.07, 6.45) is 0. The average molecular weight is 695 g/mol. The maximum atomic E-state index is 2.59. The van der Waals surface area contributed by atoms with E-state index in [1.807, 2.05) is 0 Å². The molecule has 0 nitrogen and oxygen atoms in total. The Morgan fingerprint density at radius 1 is 0.125 bits per heavy atom. The third kappa shape index (κ3) is 2.31. The summed E-state index contributed by atoms with van der Waals surface area (Å²) in [6, 6.07) is 53.0. The summed E-state index contributed by atoms with van der Waals surface area (Å²) >= 11 is 0. The Kier molecular flexibility index (Phi) is 3.51. The van der Waals surface area contributed by atoms with Gasteiger partial charge in [-0.3, -0.25) is 0 Å². The van der Waals surface area contributed by atoms with Crippen LogP contribution >= 0.6 is 0 Å². The summed E-state index contributed by atoms with van der Waals surface area (Å²) in [5.41, 5.74) is 0. The van der Waals surface area contributed by atoms with Gasteiger partial charge in [0, 0.05) is 0 Å². The van der Waals surface area contributed by atoms with Gasteiger partial charge in [0.15, 0.2) is 0 Å². The summed E-state index contributed by atoms with van der Waals surface area (Å²) in [7, 11) is 0. The summed E-state index contributed by atoms with van der Waals surface area (Å²) in [5, 5.41) is 47.6. The average Bonchev–Trinajstić information content (AvgIpc) is 3.25. The first-order valence-corrected chi connectivity index (χ1v) is 20.0. The lowest BCUT2D eigenvalue weighted by atomic mass is 9.74. The highest BCUT2D eigenvalue weighted by Gasteiger charge is 2.31. The zero-order valence-corrected chi connectivity index (χ0v) is 29.7. The Morgan fingerprint density at radius 3 is 0.804 bits per heavy atom. The van der Waals surface area contributed by atoms with Gasteiger partial charge in [0.1, 0.15) is 0 Å². The predicted molar refractivity (Wildman–Crippen MR) is 245 cm³/mol. The first kappa shape index (κ1) is 25.7. The molecular weight excluding hydrogens is 673 g/mol. The zero-order valence-electron chi connectivity index (χ0n) is 29.7. The minimum atomic E-state index is 1.34. The van der Waals surface area contributed by atoms with Crippen LogP contribution in [0.3, 0.4) is 0 Å². The second-order valence-corrected chi connectivity index (χ2v) is 17.4. The first-order chi connectivity index (χ1) is 27.8. The minimum Gasteiger partial charge on any atom is -0.0537 e. The monoisotopic (exact) mass is 694 g/mol. The van der Waals surface area contributed by atoms with Gasteiger partial charge in [-0.05, 0) is 207 Å². The van der Waals surface area contributed by atoms with E-state index in [0.29, 0.717) is 0 Å². The highest BCUT2D eigenvalue weighted by atomic mass is 14.3. The number of rotatable bonds is 0. The molecule has 18 aromatic carbocycles. The minimum absolute atomic E-state index is 1.34. The van der Waals surface area contributed by atoms with Crippen molar-refractivity contribution in [2.75, 3.05) is 0 Å². The highest BCUT2D eigenvalue weighted by Crippen LogP contribution is 2.60. The van der Waals surface area contributed by atoms with Crippen LogP contribution in [0.2, 0.25) is 0 Å². The van der Waals surface area contributed by atoms with Gasteiger partial charge >= 0.3 is 0 Å². The fourth-order valence-corrected chi connectivity index (χ4v) is 13.4. The summed E-state index contributed by atoms with van der Waals surface area (Å²) in [6.45, 7) is 0. The number of fused-ring (bicyclic) bond motifs is 3. The molecule has 0 saturated heterocycles. The molecule has 0 aliphatic rings. The molecule has 0 fully saturated rings. The van der Waals surface area contributed by atoms with Crippen LogP contribution in [0.1, 0.15) is 0 Å². The largest absolute Gasteiger partial charge is 0.0537 e. The smallest absolute Gasteiger partial charge is 0.0000260 e. The normalized spacial score (nSPS) is 14.1. The van der Waals surface area contributed by atoms with Gasteiger partial charge in [-0.15, -0.1) is 0 Å². The Hall–Kier alpha value is -7.28. The van der Waals surface area contributed by atoms with Crippen LogP contribution in [-0.2, 0) is 0 Å². The zero-order chi connectivity index (χ0) is 35.2. The molecule has 0 saturated carbocycles. The standard InChI is InChI=1S/C56H22/c1-3-24-9-14-31-20-35-36-21-32-15-10-27-8-13-30-19-29-12-7-26-5-6-28-17-18-34-49(52(36)55-48(32)42(27)45(30)54-44(29)41(26)43(28)51(34)56(54)55)37-22-33-16-11-25-4-2-23(1)38-39(24)46(31)53(50(35)37)47(33)40(25)38/h1-22H. The summed E-state index contributed by atoms with van der Waals surface area (Å²) in [4.78, 5) is 0. The first-order valence-electron chi connectivity index (χ1n) is 20.0. The second-order valence-electron chi connectivity index (χ2n) is 17.4. The van der Waals surface area contributed by atoms with E-state index in [-0.39, 0.29) is 0 Å². The molecule has 0 amide bonds. The number of hydrogen-bond acceptors (Lipinski definition) is 0. The highest BCUT2D eigenvalue weighted by molar-refractivity contribution is 6.60. The van der Waals surface area contributed by atoms with Crippen molar-refractivity contribution < 1.29 is 0 Å². The Balaban J connectivity index is 1.28. The van der Waals surface area contributed by atoms with Crippen molar-refractivity contribution in [3.05, 3.63) is 133 Å². The second kappa shape index (κ2) is 7.65. The maximum absolute atomic E-state index is 2.59. The van der Waals surface area contributed by atoms with E-state index < -0.39 is 0 Å². The Labute approximate surface area is 315 Å². The van der Waals surface area contributed by atoms with Crippen molar-refractivity contribution in [3.63, 3.8) is 0 Å². The molecule has 0 aliphatic heterocycles. The molecule has 0 aliphatic carbocycles. The van der Waals surface area contributed by atoms with Crippen LogP contribution < -0.4 is 0 Å². The topological polar surface area (TPSA) is 0 Å². The Bertz CT molecular complexity index is 4700. The fraction of sp³-hybridized carbons (Fsp3) is 0. The summed E-state index contributed by atoms with van der Waals surface area (Å²) in [5.74, 6) is 0. The van der Waals surface area contributed by atoms with Crippen LogP contribution in [0, 0.1) is 0 Å². The van der Waals surface area contributed by atoms with Crippen molar-refractivity contribution in [3.8, 4) is 0 Å².